The van der Waals surface area contributed by atoms with Gasteiger partial charge < -0.3 is 69.1 Å². The molecular weight excluding hydrogens is 720 g/mol. The number of aliphatic hydroxyl groups is 1. The number of rotatable bonds is 26. The van der Waals surface area contributed by atoms with Crippen molar-refractivity contribution in [3.8, 4) is 0 Å². The van der Waals surface area contributed by atoms with Gasteiger partial charge in [0.05, 0.1) is 18.6 Å². The van der Waals surface area contributed by atoms with E-state index in [2.05, 4.69) is 37.2 Å². The molecule has 6 amide bonds. The average Bonchev–Trinajstić information content (AvgIpc) is 3.06. The smallest absolute Gasteiger partial charge is 0.326 e. The maximum absolute atomic E-state index is 13.4. The van der Waals surface area contributed by atoms with E-state index >= 15 is 0 Å². The van der Waals surface area contributed by atoms with Gasteiger partial charge in [0.15, 0.2) is 5.96 Å². The molecule has 0 fully saturated rings. The minimum atomic E-state index is -1.64. The predicted octanol–water partition coefficient (Wildman–Crippen LogP) is -4.48. The number of unbranched alkanes of at least 4 members (excludes halogenated alkanes) is 1. The first-order valence-electron chi connectivity index (χ1n) is 17.1. The Morgan fingerprint density at radius 3 is 1.59 bits per heavy atom. The van der Waals surface area contributed by atoms with E-state index in [-0.39, 0.29) is 31.8 Å². The lowest BCUT2D eigenvalue weighted by Gasteiger charge is -2.26. The molecule has 0 saturated heterocycles. The summed E-state index contributed by atoms with van der Waals surface area (Å²) in [6.45, 7) is 5.57. The molecule has 0 aromatic carbocycles. The zero-order valence-electron chi connectivity index (χ0n) is 30.6. The van der Waals surface area contributed by atoms with Gasteiger partial charge in [-0.2, -0.15) is 0 Å². The minimum Gasteiger partial charge on any atom is -0.481 e. The van der Waals surface area contributed by atoms with Gasteiger partial charge in [-0.15, -0.1) is 0 Å². The van der Waals surface area contributed by atoms with Crippen LogP contribution in [0.5, 0.6) is 0 Å². The number of carbonyl (C=O) groups is 9. The van der Waals surface area contributed by atoms with Crippen LogP contribution in [0.15, 0.2) is 0 Å². The number of guanidine groups is 1. The van der Waals surface area contributed by atoms with Gasteiger partial charge >= 0.3 is 17.9 Å². The van der Waals surface area contributed by atoms with Gasteiger partial charge in [-0.1, -0.05) is 19.8 Å². The molecule has 0 heterocycles. The Morgan fingerprint density at radius 2 is 1.11 bits per heavy atom. The van der Waals surface area contributed by atoms with E-state index < -0.39 is 121 Å². The lowest BCUT2D eigenvalue weighted by atomic mass is 10.1. The Labute approximate surface area is 311 Å². The van der Waals surface area contributed by atoms with Crippen LogP contribution in [0.1, 0.15) is 79.1 Å². The Kier molecular flexibility index (Phi) is 22.1. The van der Waals surface area contributed by atoms with E-state index in [4.69, 9.17) is 22.0 Å². The molecule has 0 aromatic heterocycles. The van der Waals surface area contributed by atoms with E-state index in [0.29, 0.717) is 12.8 Å². The van der Waals surface area contributed by atoms with Gasteiger partial charge in [-0.3, -0.25) is 43.8 Å². The van der Waals surface area contributed by atoms with Crippen LogP contribution in [0.2, 0.25) is 0 Å². The molecular formula is C31H54N10O13. The summed E-state index contributed by atoms with van der Waals surface area (Å²) >= 11 is 0. The molecule has 0 unspecified atom stereocenters. The lowest BCUT2D eigenvalue weighted by molar-refractivity contribution is -0.142. The summed E-state index contributed by atoms with van der Waals surface area (Å²) in [7, 11) is 0. The lowest BCUT2D eigenvalue weighted by Crippen LogP contribution is -2.60. The Morgan fingerprint density at radius 1 is 0.630 bits per heavy atom. The molecule has 0 rings (SSSR count). The van der Waals surface area contributed by atoms with Gasteiger partial charge in [0.2, 0.25) is 35.4 Å². The molecule has 0 aliphatic rings. The maximum Gasteiger partial charge on any atom is 0.326 e. The number of carboxylic acid groups (broad SMARTS) is 3. The van der Waals surface area contributed by atoms with Crippen molar-refractivity contribution in [2.24, 2.45) is 11.5 Å². The molecule has 23 nitrogen and oxygen atoms in total. The second-order valence-corrected chi connectivity index (χ2v) is 12.5. The number of aliphatic hydroxyl groups excluding tert-OH is 1. The first-order valence-corrected chi connectivity index (χ1v) is 17.1. The summed E-state index contributed by atoms with van der Waals surface area (Å²) in [6, 6.07) is -10.1. The Balaban J connectivity index is 5.76. The number of nitrogens with one attached hydrogen (secondary N) is 8. The molecule has 306 valence electrons. The fourth-order valence-electron chi connectivity index (χ4n) is 4.56. The molecule has 23 heteroatoms. The summed E-state index contributed by atoms with van der Waals surface area (Å²) in [4.78, 5) is 111. The summed E-state index contributed by atoms with van der Waals surface area (Å²) in [6.07, 6.45) is -2.14. The summed E-state index contributed by atoms with van der Waals surface area (Å²) in [5.74, 6) is -10.2. The molecule has 0 spiro atoms. The van der Waals surface area contributed by atoms with Crippen LogP contribution in [0, 0.1) is 5.41 Å². The summed E-state index contributed by atoms with van der Waals surface area (Å²) in [5.41, 5.74) is 10.7. The minimum absolute atomic E-state index is 0.0349. The zero-order chi connectivity index (χ0) is 41.7. The molecule has 54 heavy (non-hydrogen) atoms. The normalized spacial score (nSPS) is 15.2. The monoisotopic (exact) mass is 774 g/mol. The zero-order valence-corrected chi connectivity index (χ0v) is 30.6. The number of amides is 6. The van der Waals surface area contributed by atoms with Crippen LogP contribution in [-0.2, 0) is 43.2 Å². The summed E-state index contributed by atoms with van der Waals surface area (Å²) < 4.78 is 0. The standard InChI is InChI=1S/C31H54N10O13/c1-5-6-8-18(38-24(47)15(3)37-29(52)23(16(4)42)41-26(49)17(32)13-22(45)46)28(51)39-19(10-11-21(43)44)27(50)36-14(2)25(48)40-20(30(53)54)9-7-12-35-31(33)34/h14-20,23,42H,5-13,32H2,1-4H3,(H,36,50)(H,37,52)(H,38,47)(H,39,51)(H,40,48)(H,41,49)(H,43,44)(H,45,46)(H,53,54)(H4,33,34,35)/t14-,15-,16-,17+,18+,19+,20+,23+/m1/s1. The molecule has 0 aliphatic heterocycles. The van der Waals surface area contributed by atoms with E-state index in [1.54, 1.807) is 6.92 Å². The van der Waals surface area contributed by atoms with Crippen molar-refractivity contribution >= 4 is 59.3 Å². The molecule has 0 aliphatic carbocycles. The van der Waals surface area contributed by atoms with Crippen LogP contribution in [0.4, 0.5) is 0 Å². The highest BCUT2D eigenvalue weighted by molar-refractivity contribution is 5.97. The molecule has 0 saturated carbocycles. The highest BCUT2D eigenvalue weighted by Crippen LogP contribution is 2.07. The number of hydrogen-bond donors (Lipinski definition) is 14. The van der Waals surface area contributed by atoms with Crippen LogP contribution in [0.25, 0.3) is 0 Å². The molecule has 0 bridgehead atoms. The van der Waals surface area contributed by atoms with Crippen molar-refractivity contribution in [3.63, 3.8) is 0 Å². The van der Waals surface area contributed by atoms with Crippen LogP contribution in [-0.4, -0.2) is 135 Å². The van der Waals surface area contributed by atoms with Crippen molar-refractivity contribution in [1.82, 2.24) is 37.2 Å². The fourth-order valence-corrected chi connectivity index (χ4v) is 4.56. The van der Waals surface area contributed by atoms with Crippen molar-refractivity contribution in [2.45, 2.75) is 127 Å². The Bertz CT molecular complexity index is 1360. The van der Waals surface area contributed by atoms with E-state index in [9.17, 15) is 58.5 Å². The summed E-state index contributed by atoms with van der Waals surface area (Å²) in [5, 5.41) is 61.1. The van der Waals surface area contributed by atoms with Crippen LogP contribution in [0.3, 0.4) is 0 Å². The van der Waals surface area contributed by atoms with Crippen LogP contribution >= 0.6 is 0 Å². The second kappa shape index (κ2) is 24.6. The average molecular weight is 775 g/mol. The number of carboxylic acids is 3. The maximum atomic E-state index is 13.4. The first kappa shape index (κ1) is 48.4. The number of nitrogens with two attached hydrogens (primary N) is 2. The Hall–Kier alpha value is -5.58. The molecule has 0 radical (unpaired) electrons. The molecule has 8 atom stereocenters. The largest absolute Gasteiger partial charge is 0.481 e. The number of aliphatic carboxylic acids is 3. The van der Waals surface area contributed by atoms with Gasteiger partial charge in [-0.25, -0.2) is 4.79 Å². The number of hydrogen-bond acceptors (Lipinski definition) is 12. The van der Waals surface area contributed by atoms with Crippen molar-refractivity contribution in [3.05, 3.63) is 0 Å². The van der Waals surface area contributed by atoms with Gasteiger partial charge in [0, 0.05) is 13.0 Å². The SMILES string of the molecule is CCCC[C@H](NC(=O)[C@@H](C)NC(=O)[C@@H](NC(=O)[C@@H](N)CC(=O)O)[C@@H](C)O)C(=O)N[C@@H](CCC(=O)O)C(=O)N[C@H](C)C(=O)N[C@@H](CCCNC(=N)N)C(=O)O. The quantitative estimate of drug-likeness (QED) is 0.0224. The predicted molar refractivity (Wildman–Crippen MR) is 188 cm³/mol. The second-order valence-electron chi connectivity index (χ2n) is 12.5. The van der Waals surface area contributed by atoms with E-state index in [1.165, 1.54) is 13.8 Å². The third kappa shape index (κ3) is 19.3. The number of carbonyl (C=O) groups excluding carboxylic acids is 6. The van der Waals surface area contributed by atoms with E-state index in [1.807, 2.05) is 0 Å². The third-order valence-electron chi connectivity index (χ3n) is 7.66. The van der Waals surface area contributed by atoms with E-state index in [0.717, 1.165) is 6.92 Å². The van der Waals surface area contributed by atoms with Crippen molar-refractivity contribution in [1.29, 1.82) is 5.41 Å². The molecule has 0 aromatic rings. The first-order chi connectivity index (χ1) is 25.1. The van der Waals surface area contributed by atoms with Gasteiger partial charge in [-0.05, 0) is 46.5 Å². The van der Waals surface area contributed by atoms with Crippen molar-refractivity contribution in [2.75, 3.05) is 6.54 Å². The topological polar surface area (TPSA) is 395 Å². The fraction of sp³-hybridized carbons (Fsp3) is 0.677. The highest BCUT2D eigenvalue weighted by atomic mass is 16.4. The van der Waals surface area contributed by atoms with Gasteiger partial charge in [0.25, 0.3) is 0 Å². The third-order valence-corrected chi connectivity index (χ3v) is 7.66. The van der Waals surface area contributed by atoms with Crippen molar-refractivity contribution < 1.29 is 63.6 Å². The highest BCUT2D eigenvalue weighted by Gasteiger charge is 2.33. The molecule has 16 N–H and O–H groups in total. The van der Waals surface area contributed by atoms with Gasteiger partial charge in [0.1, 0.15) is 36.3 Å². The van der Waals surface area contributed by atoms with Crippen LogP contribution < -0.4 is 48.7 Å².